The minimum Gasteiger partial charge on any atom is -0.366 e. The van der Waals surface area contributed by atoms with E-state index in [1.807, 2.05) is 0 Å². The molecule has 4 aromatic carbocycles. The number of hydrogen-bond donors (Lipinski definition) is 2. The topological polar surface area (TPSA) is 27.3 Å². The molecule has 2 heterocycles. The molecule has 166 valence electrons. The quantitative estimate of drug-likeness (QED) is 0.328. The maximum absolute atomic E-state index is 4.47. The third-order valence-electron chi connectivity index (χ3n) is 6.31. The second-order valence-corrected chi connectivity index (χ2v) is 9.47. The van der Waals surface area contributed by atoms with Gasteiger partial charge in [0.1, 0.15) is 12.3 Å². The number of nitrogens with one attached hydrogen (secondary N) is 2. The van der Waals surface area contributed by atoms with Crippen molar-refractivity contribution in [1.29, 1.82) is 0 Å². The van der Waals surface area contributed by atoms with Crippen molar-refractivity contribution in [3.05, 3.63) is 144 Å². The fraction of sp³-hybridized carbons (Fsp3) is 0.0667. The molecule has 0 saturated carbocycles. The van der Waals surface area contributed by atoms with Crippen LogP contribution in [0.2, 0.25) is 0 Å². The van der Waals surface area contributed by atoms with Gasteiger partial charge in [-0.2, -0.15) is 0 Å². The van der Waals surface area contributed by atoms with E-state index in [1.54, 1.807) is 11.9 Å². The van der Waals surface area contributed by atoms with Gasteiger partial charge in [-0.1, -0.05) is 104 Å². The summed E-state index contributed by atoms with van der Waals surface area (Å²) in [7, 11) is 0. The Morgan fingerprint density at radius 3 is 2.15 bits per heavy atom. The molecule has 2 atom stereocenters. The molecule has 0 aromatic heterocycles. The lowest BCUT2D eigenvalue weighted by atomic mass is 9.97. The smallest absolute Gasteiger partial charge is 0.114 e. The van der Waals surface area contributed by atoms with Crippen LogP contribution in [0.1, 0.15) is 28.4 Å². The second kappa shape index (κ2) is 8.90. The Labute approximate surface area is 205 Å². The van der Waals surface area contributed by atoms with Crippen molar-refractivity contribution in [2.75, 3.05) is 4.31 Å². The van der Waals surface area contributed by atoms with Gasteiger partial charge in [-0.3, -0.25) is 9.62 Å². The zero-order chi connectivity index (χ0) is 22.9. The Bertz CT molecular complexity index is 1360. The first-order valence-electron chi connectivity index (χ1n) is 11.5. The Morgan fingerprint density at radius 1 is 0.706 bits per heavy atom. The molecule has 0 spiro atoms. The summed E-state index contributed by atoms with van der Waals surface area (Å²) in [6.45, 7) is 4.47. The van der Waals surface area contributed by atoms with E-state index in [0.29, 0.717) is 0 Å². The monoisotopic (exact) mass is 459 g/mol. The van der Waals surface area contributed by atoms with Crippen molar-refractivity contribution in [1.82, 2.24) is 10.6 Å². The number of fused-ring (bicyclic) bond motifs is 2. The Morgan fingerprint density at radius 2 is 1.35 bits per heavy atom. The molecule has 3 nitrogen and oxygen atoms in total. The molecule has 0 bridgehead atoms. The predicted octanol–water partition coefficient (Wildman–Crippen LogP) is 6.83. The first kappa shape index (κ1) is 20.8. The van der Waals surface area contributed by atoms with Gasteiger partial charge in [0.2, 0.25) is 0 Å². The van der Waals surface area contributed by atoms with Crippen LogP contribution in [-0.2, 0) is 0 Å². The molecule has 34 heavy (non-hydrogen) atoms. The van der Waals surface area contributed by atoms with Gasteiger partial charge < -0.3 is 5.32 Å². The van der Waals surface area contributed by atoms with Gasteiger partial charge in [0.05, 0.1) is 5.69 Å². The van der Waals surface area contributed by atoms with Crippen LogP contribution < -0.4 is 14.9 Å². The summed E-state index contributed by atoms with van der Waals surface area (Å²) in [4.78, 5) is 1.20. The number of para-hydroxylation sites is 1. The van der Waals surface area contributed by atoms with Crippen molar-refractivity contribution in [3.63, 3.8) is 0 Å². The van der Waals surface area contributed by atoms with E-state index in [1.165, 1.54) is 21.6 Å². The van der Waals surface area contributed by atoms with Crippen LogP contribution in [0.4, 0.5) is 5.69 Å². The van der Waals surface area contributed by atoms with Gasteiger partial charge >= 0.3 is 0 Å². The molecule has 0 saturated heterocycles. The zero-order valence-corrected chi connectivity index (χ0v) is 19.5. The van der Waals surface area contributed by atoms with Gasteiger partial charge in [0.15, 0.2) is 0 Å². The highest BCUT2D eigenvalue weighted by Crippen LogP contribution is 2.45. The fourth-order valence-corrected chi connectivity index (χ4v) is 5.74. The summed E-state index contributed by atoms with van der Waals surface area (Å²) in [5.41, 5.74) is 8.05. The number of rotatable bonds is 3. The van der Waals surface area contributed by atoms with E-state index in [2.05, 4.69) is 137 Å². The molecular weight excluding hydrogens is 434 g/mol. The lowest BCUT2D eigenvalue weighted by molar-refractivity contribution is 0.445. The van der Waals surface area contributed by atoms with Crippen LogP contribution in [0.3, 0.4) is 0 Å². The predicted molar refractivity (Wildman–Crippen MR) is 143 cm³/mol. The van der Waals surface area contributed by atoms with Gasteiger partial charge in [-0.25, -0.2) is 0 Å². The third-order valence-corrected chi connectivity index (χ3v) is 7.48. The maximum Gasteiger partial charge on any atom is 0.114 e. The molecule has 2 aliphatic rings. The molecule has 6 rings (SSSR count). The largest absolute Gasteiger partial charge is 0.366 e. The molecular formula is C30H25N3S. The van der Waals surface area contributed by atoms with E-state index >= 15 is 0 Å². The lowest BCUT2D eigenvalue weighted by Gasteiger charge is -2.39. The van der Waals surface area contributed by atoms with Crippen LogP contribution in [0.15, 0.2) is 127 Å². The maximum atomic E-state index is 4.47. The highest BCUT2D eigenvalue weighted by molar-refractivity contribution is 8.00. The van der Waals surface area contributed by atoms with E-state index in [9.17, 15) is 0 Å². The number of benzene rings is 4. The minimum atomic E-state index is -0.0493. The molecule has 2 unspecified atom stereocenters. The summed E-state index contributed by atoms with van der Waals surface area (Å²) in [5.74, 6) is 0. The number of anilines is 1. The second-order valence-electron chi connectivity index (χ2n) is 8.45. The van der Waals surface area contributed by atoms with Crippen molar-refractivity contribution >= 4 is 28.9 Å². The average Bonchev–Trinajstić information content (AvgIpc) is 3.04. The summed E-state index contributed by atoms with van der Waals surface area (Å²) in [6, 6.07) is 38.2. The minimum absolute atomic E-state index is 0.0270. The van der Waals surface area contributed by atoms with Crippen molar-refractivity contribution in [2.24, 2.45) is 0 Å². The molecule has 0 fully saturated rings. The van der Waals surface area contributed by atoms with Crippen LogP contribution >= 0.6 is 11.9 Å². The normalized spacial score (nSPS) is 19.4. The first-order chi connectivity index (χ1) is 16.8. The van der Waals surface area contributed by atoms with Gasteiger partial charge in [-0.15, -0.1) is 0 Å². The molecule has 2 N–H and O–H groups in total. The highest BCUT2D eigenvalue weighted by atomic mass is 32.2. The molecule has 0 aliphatic carbocycles. The van der Waals surface area contributed by atoms with Crippen LogP contribution in [-0.4, -0.2) is 6.17 Å². The lowest BCUT2D eigenvalue weighted by Crippen LogP contribution is -2.50. The Kier molecular flexibility index (Phi) is 5.46. The Hall–Kier alpha value is -3.73. The average molecular weight is 460 g/mol. The van der Waals surface area contributed by atoms with Gasteiger partial charge in [0.25, 0.3) is 0 Å². The van der Waals surface area contributed by atoms with Crippen LogP contribution in [0.5, 0.6) is 0 Å². The van der Waals surface area contributed by atoms with E-state index in [0.717, 1.165) is 22.5 Å². The summed E-state index contributed by atoms with van der Waals surface area (Å²) >= 11 is 1.76. The molecule has 0 radical (unpaired) electrons. The standard InChI is InChI=1S/C30H25N3S/c1-21-24-16-8-10-18-27(24)33(34-28-19-11-9-17-25(21)28)29-20-26(22-12-4-2-5-13-22)31-30(32-29)23-14-6-3-7-15-23/h2-20,29-32H,1H2. The van der Waals surface area contributed by atoms with Crippen LogP contribution in [0.25, 0.3) is 11.3 Å². The summed E-state index contributed by atoms with van der Waals surface area (Å²) in [6.07, 6.45) is 2.21. The molecule has 4 aromatic rings. The van der Waals surface area contributed by atoms with Gasteiger partial charge in [0, 0.05) is 16.2 Å². The summed E-state index contributed by atoms with van der Waals surface area (Å²) < 4.78 is 2.38. The Balaban J connectivity index is 1.48. The van der Waals surface area contributed by atoms with Gasteiger partial charge in [-0.05, 0) is 52.4 Å². The number of hydrogen-bond acceptors (Lipinski definition) is 4. The number of nitrogens with zero attached hydrogens (tertiary/aromatic N) is 1. The van der Waals surface area contributed by atoms with Crippen molar-refractivity contribution in [2.45, 2.75) is 17.2 Å². The summed E-state index contributed by atoms with van der Waals surface area (Å²) in [5, 5.41) is 7.56. The zero-order valence-electron chi connectivity index (χ0n) is 18.7. The third kappa shape index (κ3) is 3.81. The van der Waals surface area contributed by atoms with Crippen molar-refractivity contribution < 1.29 is 0 Å². The van der Waals surface area contributed by atoms with E-state index in [-0.39, 0.29) is 12.3 Å². The highest BCUT2D eigenvalue weighted by Gasteiger charge is 2.31. The molecule has 4 heteroatoms. The fourth-order valence-electron chi connectivity index (χ4n) is 4.60. The van der Waals surface area contributed by atoms with E-state index in [4.69, 9.17) is 0 Å². The SMILES string of the molecule is C=C1c2ccccc2SN(C2C=C(c3ccccc3)NC(c3ccccc3)N2)c2ccccc21. The molecule has 2 aliphatic heterocycles. The van der Waals surface area contributed by atoms with E-state index < -0.39 is 0 Å². The molecule has 0 amide bonds. The van der Waals surface area contributed by atoms with Crippen LogP contribution in [0, 0.1) is 0 Å². The first-order valence-corrected chi connectivity index (χ1v) is 12.2. The van der Waals surface area contributed by atoms with Crippen molar-refractivity contribution in [3.8, 4) is 0 Å².